The number of hydrogen-bond acceptors (Lipinski definition) is 6. The summed E-state index contributed by atoms with van der Waals surface area (Å²) in [5.74, 6) is 1.17. The van der Waals surface area contributed by atoms with Crippen molar-refractivity contribution in [3.8, 4) is 16.2 Å². The standard InChI is InChI=1S/C19H21N3OS.C9H8O3/c20-10-14-8-13-9-15(13)22(14)19(23)16-17(11-4-2-1-3-5-11)24-18(21-16)12-6-7-12;10-9(11)7-2-1-3-8-6(7)4-5-12-8/h1-5,12-15H,6-10,20H2;1-3H,4-5H2,(H,10,11)/t13-,14+,15+;/m1./s1. The number of amides is 1. The summed E-state index contributed by atoms with van der Waals surface area (Å²) in [7, 11) is 0. The topological polar surface area (TPSA) is 106 Å². The molecule has 2 aromatic carbocycles. The number of piperidine rings is 1. The molecule has 186 valence electrons. The average Bonchev–Trinajstić information content (AvgIpc) is 3.74. The summed E-state index contributed by atoms with van der Waals surface area (Å²) in [6.07, 6.45) is 5.32. The Bertz CT molecular complexity index is 1300. The van der Waals surface area contributed by atoms with E-state index in [-0.39, 0.29) is 11.9 Å². The molecule has 3 aromatic rings. The molecule has 1 aromatic heterocycles. The summed E-state index contributed by atoms with van der Waals surface area (Å²) in [5, 5.41) is 9.93. The van der Waals surface area contributed by atoms with Crippen molar-refractivity contribution < 1.29 is 19.4 Å². The quantitative estimate of drug-likeness (QED) is 0.528. The molecular formula is C28H29N3O4S. The molecule has 4 aliphatic rings. The van der Waals surface area contributed by atoms with Gasteiger partial charge in [0.25, 0.3) is 5.91 Å². The Hall–Kier alpha value is -3.23. The van der Waals surface area contributed by atoms with Crippen molar-refractivity contribution >= 4 is 23.2 Å². The van der Waals surface area contributed by atoms with Crippen molar-refractivity contribution in [3.05, 3.63) is 70.4 Å². The molecule has 0 unspecified atom stereocenters. The first kappa shape index (κ1) is 23.2. The van der Waals surface area contributed by atoms with Gasteiger partial charge in [0.05, 0.1) is 22.1 Å². The number of carboxylic acid groups (broad SMARTS) is 1. The fourth-order valence-electron chi connectivity index (χ4n) is 5.40. The SMILES string of the molecule is NC[C@@H]1C[C@@H]2C[C@@H]2N1C(=O)c1nc(C2CC2)sc1-c1ccccc1.O=C(O)c1cccc2c1CCO2. The van der Waals surface area contributed by atoms with Crippen LogP contribution in [0.2, 0.25) is 0 Å². The van der Waals surface area contributed by atoms with Crippen LogP contribution >= 0.6 is 11.3 Å². The Kier molecular flexibility index (Phi) is 6.01. The highest BCUT2D eigenvalue weighted by molar-refractivity contribution is 7.15. The number of likely N-dealkylation sites (tertiary alicyclic amines) is 1. The van der Waals surface area contributed by atoms with Crippen LogP contribution in [0.15, 0.2) is 48.5 Å². The molecule has 0 radical (unpaired) electrons. The van der Waals surface area contributed by atoms with E-state index >= 15 is 0 Å². The maximum absolute atomic E-state index is 13.3. The van der Waals surface area contributed by atoms with Crippen molar-refractivity contribution in [2.45, 2.75) is 50.1 Å². The van der Waals surface area contributed by atoms with Gasteiger partial charge in [-0.3, -0.25) is 4.79 Å². The van der Waals surface area contributed by atoms with Gasteiger partial charge < -0.3 is 20.5 Å². The van der Waals surface area contributed by atoms with Gasteiger partial charge in [0.15, 0.2) is 0 Å². The molecule has 3 fully saturated rings. The molecule has 36 heavy (non-hydrogen) atoms. The van der Waals surface area contributed by atoms with Crippen LogP contribution in [0.25, 0.3) is 10.4 Å². The predicted molar refractivity (Wildman–Crippen MR) is 138 cm³/mol. The third-order valence-electron chi connectivity index (χ3n) is 7.50. The van der Waals surface area contributed by atoms with Gasteiger partial charge in [-0.1, -0.05) is 36.4 Å². The Morgan fingerprint density at radius 3 is 2.64 bits per heavy atom. The van der Waals surface area contributed by atoms with E-state index in [1.54, 1.807) is 29.5 Å². The normalized spacial score (nSPS) is 23.2. The molecule has 3 N–H and O–H groups in total. The highest BCUT2D eigenvalue weighted by atomic mass is 32.1. The predicted octanol–water partition coefficient (Wildman–Crippen LogP) is 4.57. The van der Waals surface area contributed by atoms with E-state index in [1.807, 2.05) is 23.1 Å². The van der Waals surface area contributed by atoms with Gasteiger partial charge in [0, 0.05) is 36.5 Å². The number of nitrogens with two attached hydrogens (primary N) is 1. The van der Waals surface area contributed by atoms with E-state index in [0.717, 1.165) is 39.6 Å². The van der Waals surface area contributed by atoms with Crippen LogP contribution in [0, 0.1) is 5.92 Å². The number of carbonyl (C=O) groups excluding carboxylic acids is 1. The van der Waals surface area contributed by atoms with E-state index in [0.29, 0.717) is 48.7 Å². The first-order valence-corrected chi connectivity index (χ1v) is 13.4. The number of carbonyl (C=O) groups is 2. The highest BCUT2D eigenvalue weighted by Crippen LogP contribution is 2.50. The lowest BCUT2D eigenvalue weighted by Gasteiger charge is -2.26. The number of aromatic nitrogens is 1. The van der Waals surface area contributed by atoms with Crippen LogP contribution in [0.1, 0.15) is 63.0 Å². The van der Waals surface area contributed by atoms with Gasteiger partial charge in [0.1, 0.15) is 11.4 Å². The number of fused-ring (bicyclic) bond motifs is 2. The maximum Gasteiger partial charge on any atom is 0.336 e. The zero-order valence-corrected chi connectivity index (χ0v) is 20.7. The van der Waals surface area contributed by atoms with Crippen molar-refractivity contribution in [1.29, 1.82) is 0 Å². The summed E-state index contributed by atoms with van der Waals surface area (Å²) in [6, 6.07) is 15.9. The number of aromatic carboxylic acids is 1. The molecular weight excluding hydrogens is 474 g/mol. The molecule has 8 heteroatoms. The minimum Gasteiger partial charge on any atom is -0.493 e. The number of hydrogen-bond donors (Lipinski definition) is 2. The summed E-state index contributed by atoms with van der Waals surface area (Å²) >= 11 is 1.70. The van der Waals surface area contributed by atoms with E-state index in [1.165, 1.54) is 12.8 Å². The number of ether oxygens (including phenoxy) is 1. The van der Waals surface area contributed by atoms with E-state index in [2.05, 4.69) is 12.1 Å². The fourth-order valence-corrected chi connectivity index (χ4v) is 6.63. The summed E-state index contributed by atoms with van der Waals surface area (Å²) in [4.78, 5) is 31.9. The third-order valence-corrected chi connectivity index (χ3v) is 8.77. The molecule has 0 bridgehead atoms. The second-order valence-corrected chi connectivity index (χ2v) is 11.0. The second kappa shape index (κ2) is 9.33. The van der Waals surface area contributed by atoms with Crippen LogP contribution in [0.3, 0.4) is 0 Å². The van der Waals surface area contributed by atoms with Crippen LogP contribution in [-0.2, 0) is 6.42 Å². The highest BCUT2D eigenvalue weighted by Gasteiger charge is 2.54. The summed E-state index contributed by atoms with van der Waals surface area (Å²) in [5.41, 5.74) is 8.86. The third kappa shape index (κ3) is 4.29. The molecule has 0 spiro atoms. The van der Waals surface area contributed by atoms with Crippen molar-refractivity contribution in [2.24, 2.45) is 11.7 Å². The van der Waals surface area contributed by atoms with Gasteiger partial charge in [-0.25, -0.2) is 9.78 Å². The van der Waals surface area contributed by atoms with Gasteiger partial charge in [-0.05, 0) is 49.3 Å². The lowest BCUT2D eigenvalue weighted by molar-refractivity contribution is 0.0689. The largest absolute Gasteiger partial charge is 0.493 e. The van der Waals surface area contributed by atoms with Crippen molar-refractivity contribution in [3.63, 3.8) is 0 Å². The van der Waals surface area contributed by atoms with E-state index in [9.17, 15) is 9.59 Å². The van der Waals surface area contributed by atoms with E-state index in [4.69, 9.17) is 20.6 Å². The lowest BCUT2D eigenvalue weighted by Crippen LogP contribution is -2.42. The Balaban J connectivity index is 0.000000168. The smallest absolute Gasteiger partial charge is 0.336 e. The van der Waals surface area contributed by atoms with Crippen LogP contribution in [0.5, 0.6) is 5.75 Å². The van der Waals surface area contributed by atoms with Gasteiger partial charge in [-0.15, -0.1) is 11.3 Å². The van der Waals surface area contributed by atoms with Gasteiger partial charge in [0.2, 0.25) is 0 Å². The number of benzene rings is 2. The zero-order chi connectivity index (χ0) is 24.8. The number of carboxylic acids is 1. The van der Waals surface area contributed by atoms with E-state index < -0.39 is 5.97 Å². The minimum atomic E-state index is -0.877. The average molecular weight is 504 g/mol. The Morgan fingerprint density at radius 2 is 1.92 bits per heavy atom. The number of thiazole rings is 1. The van der Waals surface area contributed by atoms with Gasteiger partial charge in [-0.2, -0.15) is 0 Å². The van der Waals surface area contributed by atoms with Crippen molar-refractivity contribution in [1.82, 2.24) is 9.88 Å². The molecule has 2 aliphatic heterocycles. The van der Waals surface area contributed by atoms with Crippen LogP contribution in [0.4, 0.5) is 0 Å². The van der Waals surface area contributed by atoms with Crippen LogP contribution < -0.4 is 10.5 Å². The molecule has 3 heterocycles. The molecule has 2 saturated carbocycles. The lowest BCUT2D eigenvalue weighted by atomic mass is 10.1. The summed E-state index contributed by atoms with van der Waals surface area (Å²) in [6.45, 7) is 1.15. The maximum atomic E-state index is 13.3. The molecule has 7 rings (SSSR count). The minimum absolute atomic E-state index is 0.0949. The zero-order valence-electron chi connectivity index (χ0n) is 19.9. The molecule has 3 atom stereocenters. The monoisotopic (exact) mass is 503 g/mol. The first-order chi connectivity index (χ1) is 17.5. The number of nitrogens with zero attached hydrogens (tertiary/aromatic N) is 2. The molecule has 1 saturated heterocycles. The Morgan fingerprint density at radius 1 is 1.11 bits per heavy atom. The Labute approximate surface area is 213 Å². The first-order valence-electron chi connectivity index (χ1n) is 12.6. The molecule has 1 amide bonds. The fraction of sp³-hybridized carbons (Fsp3) is 0.393. The van der Waals surface area contributed by atoms with Crippen molar-refractivity contribution in [2.75, 3.05) is 13.2 Å². The van der Waals surface area contributed by atoms with Gasteiger partial charge >= 0.3 is 5.97 Å². The second-order valence-electron chi connectivity index (χ2n) is 9.96. The molecule has 2 aliphatic carbocycles. The molecule has 7 nitrogen and oxygen atoms in total. The van der Waals surface area contributed by atoms with Crippen LogP contribution in [-0.4, -0.2) is 52.1 Å². The summed E-state index contributed by atoms with van der Waals surface area (Å²) < 4.78 is 5.23. The number of rotatable bonds is 5.